The average Bonchev–Trinajstić information content (AvgIpc) is 3.13. The van der Waals surface area contributed by atoms with Gasteiger partial charge in [0, 0.05) is 10.9 Å². The molecule has 0 radical (unpaired) electrons. The highest BCUT2D eigenvalue weighted by Crippen LogP contribution is 2.49. The van der Waals surface area contributed by atoms with Crippen molar-refractivity contribution in [3.05, 3.63) is 21.9 Å². The van der Waals surface area contributed by atoms with E-state index in [1.54, 1.807) is 11.3 Å². The lowest BCUT2D eigenvalue weighted by molar-refractivity contribution is 0.0919. The van der Waals surface area contributed by atoms with E-state index in [0.29, 0.717) is 12.0 Å². The van der Waals surface area contributed by atoms with Gasteiger partial charge < -0.3 is 5.32 Å². The number of nitrogens with one attached hydrogen (secondary N) is 1. The minimum atomic E-state index is 0.125. The Labute approximate surface area is 119 Å². The molecule has 1 N–H and O–H groups in total. The van der Waals surface area contributed by atoms with Gasteiger partial charge in [-0.25, -0.2) is 0 Å². The molecule has 2 aliphatic carbocycles. The smallest absolute Gasteiger partial charge is 0.261 e. The van der Waals surface area contributed by atoms with E-state index in [2.05, 4.69) is 25.2 Å². The molecule has 3 rings (SSSR count). The summed E-state index contributed by atoms with van der Waals surface area (Å²) < 4.78 is 0. The van der Waals surface area contributed by atoms with Crippen LogP contribution in [-0.4, -0.2) is 11.9 Å². The van der Waals surface area contributed by atoms with E-state index in [9.17, 15) is 4.79 Å². The SMILES string of the molecule is CCc1ccc(C(=O)NC(C)C2CC3CCC2C3)s1. The molecule has 3 heteroatoms. The molecule has 0 saturated heterocycles. The molecule has 1 amide bonds. The van der Waals surface area contributed by atoms with E-state index >= 15 is 0 Å². The van der Waals surface area contributed by atoms with Gasteiger partial charge >= 0.3 is 0 Å². The van der Waals surface area contributed by atoms with Crippen LogP contribution in [0.4, 0.5) is 0 Å². The summed E-state index contributed by atoms with van der Waals surface area (Å²) in [6.45, 7) is 4.32. The first-order valence-corrected chi connectivity index (χ1v) is 8.38. The molecule has 0 spiro atoms. The Kier molecular flexibility index (Phi) is 3.66. The number of hydrogen-bond donors (Lipinski definition) is 1. The molecule has 2 fully saturated rings. The van der Waals surface area contributed by atoms with Crippen molar-refractivity contribution in [2.75, 3.05) is 0 Å². The van der Waals surface area contributed by atoms with Gasteiger partial charge in [0.05, 0.1) is 4.88 Å². The van der Waals surface area contributed by atoms with Gasteiger partial charge in [-0.3, -0.25) is 4.79 Å². The first kappa shape index (κ1) is 13.2. The van der Waals surface area contributed by atoms with Crippen LogP contribution >= 0.6 is 11.3 Å². The maximum Gasteiger partial charge on any atom is 0.261 e. The van der Waals surface area contributed by atoms with E-state index < -0.39 is 0 Å². The highest BCUT2D eigenvalue weighted by atomic mass is 32.1. The minimum Gasteiger partial charge on any atom is -0.349 e. The van der Waals surface area contributed by atoms with Crippen LogP contribution in [0, 0.1) is 17.8 Å². The highest BCUT2D eigenvalue weighted by Gasteiger charge is 2.42. The largest absolute Gasteiger partial charge is 0.349 e. The van der Waals surface area contributed by atoms with Crippen LogP contribution in [0.1, 0.15) is 54.1 Å². The quantitative estimate of drug-likeness (QED) is 0.889. The van der Waals surface area contributed by atoms with Gasteiger partial charge in [0.1, 0.15) is 0 Å². The summed E-state index contributed by atoms with van der Waals surface area (Å²) in [5.74, 6) is 2.66. The van der Waals surface area contributed by atoms with Gasteiger partial charge in [0.2, 0.25) is 0 Å². The molecular weight excluding hydrogens is 254 g/mol. The summed E-state index contributed by atoms with van der Waals surface area (Å²) in [5.41, 5.74) is 0. The van der Waals surface area contributed by atoms with Crippen LogP contribution in [-0.2, 0) is 6.42 Å². The normalized spacial score (nSPS) is 30.5. The molecule has 0 aliphatic heterocycles. The summed E-state index contributed by atoms with van der Waals surface area (Å²) in [4.78, 5) is 14.4. The van der Waals surface area contributed by atoms with E-state index in [1.807, 2.05) is 6.07 Å². The number of amides is 1. The van der Waals surface area contributed by atoms with Crippen molar-refractivity contribution < 1.29 is 4.79 Å². The highest BCUT2D eigenvalue weighted by molar-refractivity contribution is 7.14. The molecule has 4 unspecified atom stereocenters. The van der Waals surface area contributed by atoms with Crippen LogP contribution in [0.2, 0.25) is 0 Å². The minimum absolute atomic E-state index is 0.125. The second-order valence-corrected chi connectivity index (χ2v) is 7.39. The van der Waals surface area contributed by atoms with Gasteiger partial charge in [-0.15, -0.1) is 11.3 Å². The van der Waals surface area contributed by atoms with E-state index in [4.69, 9.17) is 0 Å². The first-order valence-electron chi connectivity index (χ1n) is 7.57. The molecule has 2 bridgehead atoms. The Morgan fingerprint density at radius 2 is 2.26 bits per heavy atom. The fraction of sp³-hybridized carbons (Fsp3) is 0.688. The van der Waals surface area contributed by atoms with Gasteiger partial charge in [-0.1, -0.05) is 13.3 Å². The Morgan fingerprint density at radius 3 is 2.84 bits per heavy atom. The lowest BCUT2D eigenvalue weighted by Gasteiger charge is -2.28. The molecule has 2 saturated carbocycles. The zero-order chi connectivity index (χ0) is 13.4. The second-order valence-electron chi connectivity index (χ2n) is 6.22. The number of aryl methyl sites for hydroxylation is 1. The summed E-state index contributed by atoms with van der Waals surface area (Å²) >= 11 is 1.63. The van der Waals surface area contributed by atoms with E-state index in [0.717, 1.165) is 23.1 Å². The molecule has 19 heavy (non-hydrogen) atoms. The van der Waals surface area contributed by atoms with Crippen molar-refractivity contribution in [1.29, 1.82) is 0 Å². The maximum absolute atomic E-state index is 12.2. The van der Waals surface area contributed by atoms with Gasteiger partial charge in [-0.2, -0.15) is 0 Å². The van der Waals surface area contributed by atoms with Crippen LogP contribution in [0.3, 0.4) is 0 Å². The third kappa shape index (κ3) is 2.58. The first-order chi connectivity index (χ1) is 9.17. The maximum atomic E-state index is 12.2. The molecule has 2 nitrogen and oxygen atoms in total. The predicted octanol–water partition coefficient (Wildman–Crippen LogP) is 3.87. The van der Waals surface area contributed by atoms with Gasteiger partial charge in [-0.05, 0) is 62.5 Å². The fourth-order valence-corrected chi connectivity index (χ4v) is 4.83. The van der Waals surface area contributed by atoms with E-state index in [1.165, 1.54) is 30.6 Å². The lowest BCUT2D eigenvalue weighted by atomic mass is 9.84. The number of fused-ring (bicyclic) bond motifs is 2. The fourth-order valence-electron chi connectivity index (χ4n) is 3.98. The monoisotopic (exact) mass is 277 g/mol. The van der Waals surface area contributed by atoms with Crippen LogP contribution in [0.5, 0.6) is 0 Å². The Balaban J connectivity index is 1.60. The molecule has 2 aliphatic rings. The average molecular weight is 277 g/mol. The number of carbonyl (C=O) groups excluding carboxylic acids is 1. The molecule has 1 heterocycles. The molecule has 0 aromatic carbocycles. The third-order valence-electron chi connectivity index (χ3n) is 5.03. The zero-order valence-corrected chi connectivity index (χ0v) is 12.6. The van der Waals surface area contributed by atoms with Crippen molar-refractivity contribution in [1.82, 2.24) is 5.32 Å². The van der Waals surface area contributed by atoms with E-state index in [-0.39, 0.29) is 5.91 Å². The van der Waals surface area contributed by atoms with Crippen LogP contribution in [0.15, 0.2) is 12.1 Å². The summed E-state index contributed by atoms with van der Waals surface area (Å²) in [6, 6.07) is 4.36. The summed E-state index contributed by atoms with van der Waals surface area (Å²) in [5, 5.41) is 3.23. The van der Waals surface area contributed by atoms with Crippen molar-refractivity contribution in [2.24, 2.45) is 17.8 Å². The molecule has 1 aromatic rings. The van der Waals surface area contributed by atoms with Gasteiger partial charge in [0.15, 0.2) is 0 Å². The van der Waals surface area contributed by atoms with Crippen molar-refractivity contribution in [2.45, 2.75) is 52.0 Å². The number of carbonyl (C=O) groups is 1. The Hall–Kier alpha value is -0.830. The molecule has 4 atom stereocenters. The standard InChI is InChI=1S/C16H23NOS/c1-3-13-6-7-15(19-13)16(18)17-10(2)14-9-11-4-5-12(14)8-11/h6-7,10-12,14H,3-5,8-9H2,1-2H3,(H,17,18). The molecule has 1 aromatic heterocycles. The number of rotatable bonds is 4. The topological polar surface area (TPSA) is 29.1 Å². The molecular formula is C16H23NOS. The third-order valence-corrected chi connectivity index (χ3v) is 6.26. The van der Waals surface area contributed by atoms with Crippen molar-refractivity contribution >= 4 is 17.2 Å². The summed E-state index contributed by atoms with van der Waals surface area (Å²) in [7, 11) is 0. The Bertz CT molecular complexity index is 467. The number of hydrogen-bond acceptors (Lipinski definition) is 2. The second kappa shape index (κ2) is 5.28. The number of thiophene rings is 1. The zero-order valence-electron chi connectivity index (χ0n) is 11.8. The predicted molar refractivity (Wildman–Crippen MR) is 79.6 cm³/mol. The summed E-state index contributed by atoms with van der Waals surface area (Å²) in [6.07, 6.45) is 6.56. The van der Waals surface area contributed by atoms with Crippen LogP contribution < -0.4 is 5.32 Å². The van der Waals surface area contributed by atoms with Crippen molar-refractivity contribution in [3.8, 4) is 0 Å². The van der Waals surface area contributed by atoms with Gasteiger partial charge in [0.25, 0.3) is 5.91 Å². The van der Waals surface area contributed by atoms with Crippen molar-refractivity contribution in [3.63, 3.8) is 0 Å². The van der Waals surface area contributed by atoms with Crippen LogP contribution in [0.25, 0.3) is 0 Å². The molecule has 104 valence electrons. The Morgan fingerprint density at radius 1 is 1.42 bits per heavy atom. The lowest BCUT2D eigenvalue weighted by Crippen LogP contribution is -2.39.